The van der Waals surface area contributed by atoms with Crippen LogP contribution in [-0.2, 0) is 5.41 Å². The summed E-state index contributed by atoms with van der Waals surface area (Å²) >= 11 is 0. The fourth-order valence-corrected chi connectivity index (χ4v) is 10.8. The Balaban J connectivity index is 1.02. The summed E-state index contributed by atoms with van der Waals surface area (Å²) in [6, 6.07) is 58.4. The Morgan fingerprint density at radius 1 is 0.345 bits per heavy atom. The summed E-state index contributed by atoms with van der Waals surface area (Å²) in [4.78, 5) is 20.0. The van der Waals surface area contributed by atoms with E-state index in [2.05, 4.69) is 151 Å². The highest BCUT2D eigenvalue weighted by molar-refractivity contribution is 5.81. The van der Waals surface area contributed by atoms with E-state index in [1.165, 1.54) is 55.2 Å². The van der Waals surface area contributed by atoms with E-state index in [0.29, 0.717) is 22.9 Å². The summed E-state index contributed by atoms with van der Waals surface area (Å²) in [5.74, 6) is 4.67. The van der Waals surface area contributed by atoms with E-state index in [1.54, 1.807) is 5.56 Å². The first-order valence-corrected chi connectivity index (χ1v) is 20.9. The van der Waals surface area contributed by atoms with Crippen LogP contribution in [0.4, 0.5) is 0 Å². The van der Waals surface area contributed by atoms with Crippen molar-refractivity contribution >= 4 is 0 Å². The van der Waals surface area contributed by atoms with Crippen molar-refractivity contribution in [3.63, 3.8) is 0 Å². The number of nitrogens with zero attached hydrogens (tertiary/aromatic N) is 4. The SMILES string of the molecule is c1ccc(-c2ccc(-c3nc(-c4ccc(-c5ccccc5)cc4)nc(-c4cc(-c5ccc(C67CC8CC(CC(C8)C6)C7)cc5)cc(-c5cccnc5)c4)n3)cc2)cc1. The number of benzene rings is 6. The van der Waals surface area contributed by atoms with Crippen LogP contribution in [0, 0.1) is 17.8 Å². The van der Waals surface area contributed by atoms with Crippen LogP contribution >= 0.6 is 0 Å². The molecule has 8 aromatic rings. The Labute approximate surface area is 340 Å². The van der Waals surface area contributed by atoms with Gasteiger partial charge in [-0.15, -0.1) is 0 Å². The molecule has 4 fully saturated rings. The number of hydrogen-bond donors (Lipinski definition) is 0. The molecular weight excluding hydrogens is 705 g/mol. The molecule has 2 heterocycles. The standard InChI is InChI=1S/C54H44N4/c1-3-8-39(9-4-1)41-13-17-44(18-14-41)51-56-52(45-19-15-42(16-20-45)40-10-5-2-6-11-40)58-53(57-51)49-30-47(29-48(31-49)46-12-7-25-55-35-46)43-21-23-50(24-22-43)54-32-36-26-37(33-54)28-38(27-36)34-54/h1-25,29-31,35-38H,26-28,32-34H2. The second-order valence-corrected chi connectivity index (χ2v) is 17.0. The van der Waals surface area contributed by atoms with E-state index >= 15 is 0 Å². The second kappa shape index (κ2) is 14.5. The summed E-state index contributed by atoms with van der Waals surface area (Å²) in [6.07, 6.45) is 12.2. The van der Waals surface area contributed by atoms with E-state index in [1.807, 2.05) is 30.6 Å². The molecule has 6 aromatic carbocycles. The molecular formula is C54H44N4. The van der Waals surface area contributed by atoms with Gasteiger partial charge < -0.3 is 0 Å². The smallest absolute Gasteiger partial charge is 0.164 e. The number of rotatable bonds is 8. The minimum absolute atomic E-state index is 0.367. The highest BCUT2D eigenvalue weighted by Gasteiger charge is 2.51. The fourth-order valence-electron chi connectivity index (χ4n) is 10.8. The normalized spacial score (nSPS) is 20.6. The molecule has 0 saturated heterocycles. The molecule has 0 aliphatic heterocycles. The van der Waals surface area contributed by atoms with Gasteiger partial charge in [-0.25, -0.2) is 15.0 Å². The van der Waals surface area contributed by atoms with Crippen LogP contribution in [0.3, 0.4) is 0 Å². The monoisotopic (exact) mass is 748 g/mol. The first kappa shape index (κ1) is 34.7. The molecule has 0 unspecified atom stereocenters. The largest absolute Gasteiger partial charge is 0.264 e. The van der Waals surface area contributed by atoms with Gasteiger partial charge >= 0.3 is 0 Å². The quantitative estimate of drug-likeness (QED) is 0.155. The molecule has 58 heavy (non-hydrogen) atoms. The van der Waals surface area contributed by atoms with Gasteiger partial charge in [-0.3, -0.25) is 4.98 Å². The van der Waals surface area contributed by atoms with Gasteiger partial charge in [0.2, 0.25) is 0 Å². The lowest BCUT2D eigenvalue weighted by Crippen LogP contribution is -2.48. The third-order valence-electron chi connectivity index (χ3n) is 13.2. The Morgan fingerprint density at radius 3 is 1.21 bits per heavy atom. The Kier molecular flexibility index (Phi) is 8.65. The van der Waals surface area contributed by atoms with Crippen molar-refractivity contribution in [3.8, 4) is 78.7 Å². The zero-order valence-corrected chi connectivity index (χ0v) is 32.5. The molecule has 4 nitrogen and oxygen atoms in total. The van der Waals surface area contributed by atoms with Gasteiger partial charge in [0.25, 0.3) is 0 Å². The first-order chi connectivity index (χ1) is 28.6. The van der Waals surface area contributed by atoms with E-state index in [0.717, 1.165) is 62.3 Å². The maximum Gasteiger partial charge on any atom is 0.164 e. The third-order valence-corrected chi connectivity index (χ3v) is 13.2. The van der Waals surface area contributed by atoms with Crippen LogP contribution < -0.4 is 0 Å². The maximum atomic E-state index is 5.22. The van der Waals surface area contributed by atoms with Gasteiger partial charge in [-0.1, -0.05) is 140 Å². The molecule has 4 aliphatic rings. The predicted molar refractivity (Wildman–Crippen MR) is 236 cm³/mol. The van der Waals surface area contributed by atoms with Gasteiger partial charge in [0, 0.05) is 34.6 Å². The molecule has 4 bridgehead atoms. The predicted octanol–water partition coefficient (Wildman–Crippen LogP) is 13.4. The summed E-state index contributed by atoms with van der Waals surface area (Å²) in [5.41, 5.74) is 13.8. The van der Waals surface area contributed by atoms with Crippen LogP contribution in [0.25, 0.3) is 78.7 Å². The van der Waals surface area contributed by atoms with Crippen LogP contribution in [0.15, 0.2) is 176 Å². The molecule has 2 aromatic heterocycles. The second-order valence-electron chi connectivity index (χ2n) is 17.0. The van der Waals surface area contributed by atoms with Crippen LogP contribution in [-0.4, -0.2) is 19.9 Å². The first-order valence-electron chi connectivity index (χ1n) is 20.9. The van der Waals surface area contributed by atoms with Crippen LogP contribution in [0.1, 0.15) is 44.1 Å². The fraction of sp³-hybridized carbons (Fsp3) is 0.185. The molecule has 4 aliphatic carbocycles. The van der Waals surface area contributed by atoms with Crippen molar-refractivity contribution in [1.29, 1.82) is 0 Å². The summed E-state index contributed by atoms with van der Waals surface area (Å²) < 4.78 is 0. The highest BCUT2D eigenvalue weighted by atomic mass is 15.0. The van der Waals surface area contributed by atoms with Gasteiger partial charge in [-0.05, 0) is 130 Å². The van der Waals surface area contributed by atoms with E-state index in [9.17, 15) is 0 Å². The van der Waals surface area contributed by atoms with Crippen molar-refractivity contribution in [2.75, 3.05) is 0 Å². The van der Waals surface area contributed by atoms with Crippen molar-refractivity contribution in [2.45, 2.75) is 43.9 Å². The number of aromatic nitrogens is 4. The molecule has 0 N–H and O–H groups in total. The van der Waals surface area contributed by atoms with E-state index in [-0.39, 0.29) is 0 Å². The van der Waals surface area contributed by atoms with Gasteiger partial charge in [-0.2, -0.15) is 0 Å². The van der Waals surface area contributed by atoms with Gasteiger partial charge in [0.05, 0.1) is 0 Å². The minimum Gasteiger partial charge on any atom is -0.264 e. The molecule has 0 atom stereocenters. The summed E-state index contributed by atoms with van der Waals surface area (Å²) in [6.45, 7) is 0. The van der Waals surface area contributed by atoms with Crippen molar-refractivity contribution in [1.82, 2.24) is 19.9 Å². The molecule has 280 valence electrons. The molecule has 0 amide bonds. The minimum atomic E-state index is 0.367. The Morgan fingerprint density at radius 2 is 0.724 bits per heavy atom. The summed E-state index contributed by atoms with van der Waals surface area (Å²) in [5, 5.41) is 0. The van der Waals surface area contributed by atoms with E-state index < -0.39 is 0 Å². The molecule has 0 radical (unpaired) electrons. The number of pyridine rings is 1. The lowest BCUT2D eigenvalue weighted by Gasteiger charge is -2.57. The maximum absolute atomic E-state index is 5.22. The molecule has 0 spiro atoms. The average molecular weight is 749 g/mol. The number of hydrogen-bond acceptors (Lipinski definition) is 4. The molecule has 4 heteroatoms. The van der Waals surface area contributed by atoms with E-state index in [4.69, 9.17) is 15.0 Å². The van der Waals surface area contributed by atoms with Crippen molar-refractivity contribution < 1.29 is 0 Å². The summed E-state index contributed by atoms with van der Waals surface area (Å²) in [7, 11) is 0. The third kappa shape index (κ3) is 6.63. The van der Waals surface area contributed by atoms with Crippen molar-refractivity contribution in [3.05, 3.63) is 182 Å². The van der Waals surface area contributed by atoms with Crippen LogP contribution in [0.2, 0.25) is 0 Å². The highest BCUT2D eigenvalue weighted by Crippen LogP contribution is 2.60. The van der Waals surface area contributed by atoms with Crippen molar-refractivity contribution in [2.24, 2.45) is 17.8 Å². The van der Waals surface area contributed by atoms with Gasteiger partial charge in [0.15, 0.2) is 17.5 Å². The lowest BCUT2D eigenvalue weighted by molar-refractivity contribution is -0.00518. The molecule has 4 saturated carbocycles. The zero-order chi connectivity index (χ0) is 38.5. The zero-order valence-electron chi connectivity index (χ0n) is 32.5. The Hall–Kier alpha value is -6.52. The van der Waals surface area contributed by atoms with Gasteiger partial charge in [0.1, 0.15) is 0 Å². The lowest BCUT2D eigenvalue weighted by atomic mass is 9.48. The van der Waals surface area contributed by atoms with Crippen LogP contribution in [0.5, 0.6) is 0 Å². The average Bonchev–Trinajstić information content (AvgIpc) is 3.29. The Bertz CT molecular complexity index is 2570. The molecule has 12 rings (SSSR count). The topological polar surface area (TPSA) is 51.6 Å².